The van der Waals surface area contributed by atoms with Gasteiger partial charge in [-0.3, -0.25) is 9.67 Å². The van der Waals surface area contributed by atoms with Gasteiger partial charge in [0.1, 0.15) is 0 Å². The molecule has 0 aliphatic rings. The second kappa shape index (κ2) is 6.48. The molecule has 4 nitrogen and oxygen atoms in total. The second-order valence-corrected chi connectivity index (χ2v) is 4.85. The van der Waals surface area contributed by atoms with Crippen LogP contribution in [0.1, 0.15) is 50.0 Å². The van der Waals surface area contributed by atoms with Gasteiger partial charge in [-0.05, 0) is 30.5 Å². The molecule has 4 heteroatoms. The molecule has 19 heavy (non-hydrogen) atoms. The average Bonchev–Trinajstić information content (AvgIpc) is 2.89. The summed E-state index contributed by atoms with van der Waals surface area (Å²) in [5.74, 6) is 0. The fraction of sp³-hybridized carbons (Fsp3) is 0.467. The Hall–Kier alpha value is -1.68. The highest BCUT2D eigenvalue weighted by Crippen LogP contribution is 2.17. The normalized spacial score (nSPS) is 12.8. The van der Waals surface area contributed by atoms with Crippen LogP contribution in [-0.4, -0.2) is 14.8 Å². The van der Waals surface area contributed by atoms with Crippen molar-refractivity contribution in [3.63, 3.8) is 0 Å². The van der Waals surface area contributed by atoms with Gasteiger partial charge in [0.25, 0.3) is 0 Å². The van der Waals surface area contributed by atoms with E-state index in [0.717, 1.165) is 30.5 Å². The van der Waals surface area contributed by atoms with Crippen LogP contribution in [0.25, 0.3) is 0 Å². The van der Waals surface area contributed by atoms with Gasteiger partial charge in [0.15, 0.2) is 0 Å². The largest absolute Gasteiger partial charge is 0.324 e. The number of rotatable bonds is 6. The zero-order valence-corrected chi connectivity index (χ0v) is 11.7. The molecule has 1 atom stereocenters. The van der Waals surface area contributed by atoms with Crippen LogP contribution in [0.4, 0.5) is 0 Å². The maximum Gasteiger partial charge on any atom is 0.0643 e. The van der Waals surface area contributed by atoms with Crippen molar-refractivity contribution < 1.29 is 0 Å². The molecule has 2 heterocycles. The Bertz CT molecular complexity index is 488. The third kappa shape index (κ3) is 3.41. The van der Waals surface area contributed by atoms with Crippen molar-refractivity contribution in [2.45, 2.75) is 45.2 Å². The van der Waals surface area contributed by atoms with E-state index in [4.69, 9.17) is 5.73 Å². The van der Waals surface area contributed by atoms with Crippen LogP contribution in [-0.2, 0) is 6.42 Å². The summed E-state index contributed by atoms with van der Waals surface area (Å²) in [7, 11) is 0. The second-order valence-electron chi connectivity index (χ2n) is 4.85. The molecule has 2 aromatic rings. The van der Waals surface area contributed by atoms with Gasteiger partial charge in [-0.1, -0.05) is 19.9 Å². The fourth-order valence-corrected chi connectivity index (χ4v) is 2.29. The van der Waals surface area contributed by atoms with Gasteiger partial charge >= 0.3 is 0 Å². The summed E-state index contributed by atoms with van der Waals surface area (Å²) in [6.45, 7) is 4.38. The van der Waals surface area contributed by atoms with Gasteiger partial charge in [0, 0.05) is 31.1 Å². The molecule has 2 rings (SSSR count). The number of hydrogen-bond acceptors (Lipinski definition) is 3. The van der Waals surface area contributed by atoms with Crippen molar-refractivity contribution in [3.05, 3.63) is 48.0 Å². The quantitative estimate of drug-likeness (QED) is 0.866. The Morgan fingerprint density at radius 2 is 2.05 bits per heavy atom. The molecule has 1 unspecified atom stereocenters. The average molecular weight is 258 g/mol. The third-order valence-corrected chi connectivity index (χ3v) is 3.52. The minimum Gasteiger partial charge on any atom is -0.324 e. The summed E-state index contributed by atoms with van der Waals surface area (Å²) in [6.07, 6.45) is 8.60. The van der Waals surface area contributed by atoms with Crippen molar-refractivity contribution >= 4 is 0 Å². The van der Waals surface area contributed by atoms with Gasteiger partial charge in [-0.15, -0.1) is 0 Å². The Labute approximate surface area is 114 Å². The monoisotopic (exact) mass is 258 g/mol. The summed E-state index contributed by atoms with van der Waals surface area (Å²) >= 11 is 0. The SMILES string of the molecule is CCC(CC)n1ccc(CC(N)c2cccnc2)n1. The van der Waals surface area contributed by atoms with Crippen LogP contribution in [0, 0.1) is 0 Å². The van der Waals surface area contributed by atoms with E-state index in [1.165, 1.54) is 0 Å². The molecular formula is C15H22N4. The number of nitrogens with two attached hydrogens (primary N) is 1. The zero-order valence-electron chi connectivity index (χ0n) is 11.7. The fourth-order valence-electron chi connectivity index (χ4n) is 2.29. The van der Waals surface area contributed by atoms with E-state index < -0.39 is 0 Å². The van der Waals surface area contributed by atoms with Crippen molar-refractivity contribution in [2.24, 2.45) is 5.73 Å². The van der Waals surface area contributed by atoms with Crippen molar-refractivity contribution in [1.29, 1.82) is 0 Å². The molecule has 0 saturated heterocycles. The van der Waals surface area contributed by atoms with Gasteiger partial charge in [-0.25, -0.2) is 0 Å². The molecule has 2 N–H and O–H groups in total. The zero-order chi connectivity index (χ0) is 13.7. The molecular weight excluding hydrogens is 236 g/mol. The lowest BCUT2D eigenvalue weighted by molar-refractivity contribution is 0.424. The highest BCUT2D eigenvalue weighted by atomic mass is 15.3. The first-order valence-electron chi connectivity index (χ1n) is 6.94. The summed E-state index contributed by atoms with van der Waals surface area (Å²) in [5, 5.41) is 4.63. The highest BCUT2D eigenvalue weighted by molar-refractivity contribution is 5.16. The Morgan fingerprint density at radius 3 is 2.68 bits per heavy atom. The van der Waals surface area contributed by atoms with Gasteiger partial charge in [-0.2, -0.15) is 5.10 Å². The summed E-state index contributed by atoms with van der Waals surface area (Å²) in [4.78, 5) is 4.10. The molecule has 0 fully saturated rings. The van der Waals surface area contributed by atoms with Gasteiger partial charge in [0.05, 0.1) is 11.7 Å². The minimum absolute atomic E-state index is 0.0428. The van der Waals surface area contributed by atoms with E-state index >= 15 is 0 Å². The van der Waals surface area contributed by atoms with Crippen LogP contribution in [0.15, 0.2) is 36.8 Å². The maximum atomic E-state index is 6.19. The smallest absolute Gasteiger partial charge is 0.0643 e. The van der Waals surface area contributed by atoms with Crippen LogP contribution in [0.3, 0.4) is 0 Å². The topological polar surface area (TPSA) is 56.7 Å². The van der Waals surface area contributed by atoms with Crippen LogP contribution in [0.2, 0.25) is 0 Å². The molecule has 0 saturated carbocycles. The lowest BCUT2D eigenvalue weighted by atomic mass is 10.1. The molecule has 0 aromatic carbocycles. The maximum absolute atomic E-state index is 6.19. The molecule has 102 valence electrons. The lowest BCUT2D eigenvalue weighted by Gasteiger charge is -2.13. The summed E-state index contributed by atoms with van der Waals surface area (Å²) in [5.41, 5.74) is 8.29. The molecule has 2 aromatic heterocycles. The van der Waals surface area contributed by atoms with Crippen molar-refractivity contribution in [2.75, 3.05) is 0 Å². The Morgan fingerprint density at radius 1 is 1.26 bits per heavy atom. The van der Waals surface area contributed by atoms with E-state index in [1.807, 2.05) is 18.3 Å². The van der Waals surface area contributed by atoms with Crippen LogP contribution < -0.4 is 5.73 Å². The Kier molecular flexibility index (Phi) is 4.68. The number of pyridine rings is 1. The van der Waals surface area contributed by atoms with Gasteiger partial charge < -0.3 is 5.73 Å². The van der Waals surface area contributed by atoms with E-state index in [-0.39, 0.29) is 6.04 Å². The van der Waals surface area contributed by atoms with Crippen molar-refractivity contribution in [3.8, 4) is 0 Å². The lowest BCUT2D eigenvalue weighted by Crippen LogP contribution is -2.14. The first-order valence-corrected chi connectivity index (χ1v) is 6.94. The molecule has 0 amide bonds. The van der Waals surface area contributed by atoms with Gasteiger partial charge in [0.2, 0.25) is 0 Å². The number of nitrogens with zero attached hydrogens (tertiary/aromatic N) is 3. The molecule has 0 spiro atoms. The number of aromatic nitrogens is 3. The molecule has 0 aliphatic heterocycles. The third-order valence-electron chi connectivity index (χ3n) is 3.52. The van der Waals surface area contributed by atoms with Crippen LogP contribution in [0.5, 0.6) is 0 Å². The summed E-state index contributed by atoms with van der Waals surface area (Å²) in [6, 6.07) is 6.43. The number of hydrogen-bond donors (Lipinski definition) is 1. The highest BCUT2D eigenvalue weighted by Gasteiger charge is 2.11. The minimum atomic E-state index is -0.0428. The Balaban J connectivity index is 2.04. The molecule has 0 bridgehead atoms. The first-order chi connectivity index (χ1) is 9.24. The van der Waals surface area contributed by atoms with Crippen molar-refractivity contribution in [1.82, 2.24) is 14.8 Å². The predicted molar refractivity (Wildman–Crippen MR) is 76.7 cm³/mol. The first kappa shape index (κ1) is 13.7. The molecule has 0 radical (unpaired) electrons. The summed E-state index contributed by atoms with van der Waals surface area (Å²) < 4.78 is 2.06. The van der Waals surface area contributed by atoms with E-state index in [0.29, 0.717) is 6.04 Å². The van der Waals surface area contributed by atoms with E-state index in [1.54, 1.807) is 6.20 Å². The van der Waals surface area contributed by atoms with E-state index in [2.05, 4.69) is 40.9 Å². The standard InChI is InChI=1S/C15H22N4/c1-3-14(4-2)19-9-7-13(18-19)10-15(16)12-6-5-8-17-11-12/h5-9,11,14-15H,3-4,10,16H2,1-2H3. The molecule has 0 aliphatic carbocycles. The predicted octanol–water partition coefficient (Wildman–Crippen LogP) is 2.88. The van der Waals surface area contributed by atoms with E-state index in [9.17, 15) is 0 Å². The van der Waals surface area contributed by atoms with Crippen LogP contribution >= 0.6 is 0 Å².